The van der Waals surface area contributed by atoms with Crippen LogP contribution in [0.15, 0.2) is 236 Å². The fourth-order valence-electron chi connectivity index (χ4n) is 11.0. The van der Waals surface area contributed by atoms with E-state index in [4.69, 9.17) is 26.2 Å². The van der Waals surface area contributed by atoms with Gasteiger partial charge in [0.25, 0.3) is 6.33 Å². The molecular formula is C80H72N4O. The highest BCUT2D eigenvalue weighted by atomic mass is 16.5. The number of benzene rings is 10. The smallest absolute Gasteiger partial charge is 0.269 e. The molecule has 418 valence electrons. The van der Waals surface area contributed by atoms with E-state index in [2.05, 4.69) is 91.4 Å². The molecule has 0 saturated carbocycles. The van der Waals surface area contributed by atoms with Crippen LogP contribution in [0.2, 0.25) is 0 Å². The standard InChI is InChI=1S/C80H72N4O/c1-52-23-20-24-53(2)76(52)56-35-38-72-74(46-56)82(64-29-21-30-65(49-64)85-66-36-37-70-69-31-18-19-34-71(69)84(73(70)50-66)75-48-61(39-40-81-75)78(3,4)5)51-83(72)77-67(32-22-33-68(77)60-44-62(79(6,7)8)47-63(45-60)80(9,10)11)59-42-57(54-25-14-12-15-26-54)41-58(43-59)55-27-16-13-17-28-55/h12-50H,1-11H3/i1D3,2D3,12D,13D,14D,15D,16D,17D,25D,26D,27D,28D,41D,42D,43D. The Bertz CT molecular complexity index is 5530. The van der Waals surface area contributed by atoms with Gasteiger partial charge in [0.1, 0.15) is 17.3 Å². The van der Waals surface area contributed by atoms with Gasteiger partial charge in [0, 0.05) is 31.3 Å². The van der Waals surface area contributed by atoms with Crippen molar-refractivity contribution in [2.24, 2.45) is 0 Å². The zero-order valence-electron chi connectivity index (χ0n) is 67.7. The molecule has 10 aromatic carbocycles. The van der Waals surface area contributed by atoms with Gasteiger partial charge in [-0.15, -0.1) is 0 Å². The van der Waals surface area contributed by atoms with Crippen LogP contribution in [0.3, 0.4) is 0 Å². The zero-order valence-corrected chi connectivity index (χ0v) is 48.7. The lowest BCUT2D eigenvalue weighted by atomic mass is 9.78. The average molecular weight is 1120 g/mol. The predicted molar refractivity (Wildman–Crippen MR) is 355 cm³/mol. The first-order valence-electron chi connectivity index (χ1n) is 37.7. The molecule has 0 unspecified atom stereocenters. The Labute approximate surface area is 527 Å². The van der Waals surface area contributed by atoms with E-state index in [1.54, 1.807) is 63.7 Å². The number of pyridine rings is 1. The summed E-state index contributed by atoms with van der Waals surface area (Å²) in [6.45, 7) is 13.3. The van der Waals surface area contributed by atoms with Gasteiger partial charge in [0.05, 0.1) is 51.3 Å². The lowest BCUT2D eigenvalue weighted by Crippen LogP contribution is -2.31. The molecule has 0 aliphatic heterocycles. The van der Waals surface area contributed by atoms with E-state index < -0.39 is 125 Å². The van der Waals surface area contributed by atoms with Crippen LogP contribution < -0.4 is 9.30 Å². The van der Waals surface area contributed by atoms with Crippen molar-refractivity contribution in [3.05, 3.63) is 271 Å². The molecule has 0 N–H and O–H groups in total. The van der Waals surface area contributed by atoms with Crippen LogP contribution in [-0.4, -0.2) is 14.1 Å². The third-order valence-electron chi connectivity index (χ3n) is 15.6. The minimum absolute atomic E-state index is 0.0326. The second-order valence-electron chi connectivity index (χ2n) is 24.5. The van der Waals surface area contributed by atoms with Gasteiger partial charge >= 0.3 is 0 Å². The lowest BCUT2D eigenvalue weighted by Gasteiger charge is -2.27. The monoisotopic (exact) mass is 1120 g/mol. The maximum atomic E-state index is 10.5. The van der Waals surface area contributed by atoms with E-state index in [0.29, 0.717) is 39.3 Å². The number of rotatable bonds is 10. The largest absolute Gasteiger partial charge is 0.458 e. The first-order chi connectivity index (χ1) is 48.7. The number of hydrogen-bond donors (Lipinski definition) is 0. The number of ether oxygens (including phenoxy) is 1. The van der Waals surface area contributed by atoms with Gasteiger partial charge in [0.2, 0.25) is 0 Å². The van der Waals surface area contributed by atoms with Crippen molar-refractivity contribution in [3.63, 3.8) is 0 Å². The van der Waals surface area contributed by atoms with E-state index >= 15 is 0 Å². The summed E-state index contributed by atoms with van der Waals surface area (Å²) in [5.41, 5.74) is 2.89. The topological polar surface area (TPSA) is 35.9 Å². The zero-order chi connectivity index (χ0) is 75.3. The van der Waals surface area contributed by atoms with Crippen molar-refractivity contribution >= 4 is 32.8 Å². The van der Waals surface area contributed by atoms with Gasteiger partial charge in [-0.25, -0.2) is 4.98 Å². The molecule has 0 fully saturated rings. The second-order valence-corrected chi connectivity index (χ2v) is 24.5. The van der Waals surface area contributed by atoms with Gasteiger partial charge in [-0.1, -0.05) is 214 Å². The van der Waals surface area contributed by atoms with Crippen molar-refractivity contribution in [3.8, 4) is 84.3 Å². The molecule has 0 amide bonds. The molecule has 3 aromatic heterocycles. The molecule has 0 bridgehead atoms. The van der Waals surface area contributed by atoms with Crippen LogP contribution in [0, 0.1) is 20.0 Å². The predicted octanol–water partition coefficient (Wildman–Crippen LogP) is 20.8. The van der Waals surface area contributed by atoms with E-state index in [9.17, 15) is 9.60 Å². The van der Waals surface area contributed by atoms with Gasteiger partial charge in [0.15, 0.2) is 0 Å². The van der Waals surface area contributed by atoms with Crippen LogP contribution in [0.25, 0.3) is 106 Å². The van der Waals surface area contributed by atoms with E-state index in [0.717, 1.165) is 44.3 Å². The van der Waals surface area contributed by atoms with Gasteiger partial charge < -0.3 is 4.74 Å². The summed E-state index contributed by atoms with van der Waals surface area (Å²) in [5.74, 6) is 1.54. The minimum atomic E-state index is -2.81. The Morgan fingerprint density at radius 3 is 1.73 bits per heavy atom. The van der Waals surface area contributed by atoms with Crippen molar-refractivity contribution in [1.29, 1.82) is 0 Å². The first-order valence-corrected chi connectivity index (χ1v) is 28.2. The Hall–Kier alpha value is -9.58. The molecule has 5 heteroatoms. The van der Waals surface area contributed by atoms with Crippen LogP contribution in [-0.2, 0) is 16.2 Å². The highest BCUT2D eigenvalue weighted by molar-refractivity contribution is 6.09. The highest BCUT2D eigenvalue weighted by Gasteiger charge is 2.26. The number of fused-ring (bicyclic) bond motifs is 4. The summed E-state index contributed by atoms with van der Waals surface area (Å²) in [7, 11) is 0. The molecule has 0 spiro atoms. The first kappa shape index (κ1) is 36.9. The molecule has 13 rings (SSSR count). The normalized spacial score (nSPS) is 15.7. The summed E-state index contributed by atoms with van der Waals surface area (Å²) in [6.07, 6.45) is 5.43. The molecule has 0 aliphatic carbocycles. The van der Waals surface area contributed by atoms with Gasteiger partial charge in [-0.05, 0) is 186 Å². The fourth-order valence-corrected chi connectivity index (χ4v) is 11.0. The van der Waals surface area contributed by atoms with E-state index in [-0.39, 0.29) is 44.5 Å². The lowest BCUT2D eigenvalue weighted by molar-refractivity contribution is -0.571. The fraction of sp³-hybridized carbons (Fsp3) is 0.175. The minimum Gasteiger partial charge on any atom is -0.458 e. The Kier molecular flexibility index (Phi) is 9.22. The molecule has 0 radical (unpaired) electrons. The molecule has 0 saturated heterocycles. The Morgan fingerprint density at radius 2 is 1.07 bits per heavy atom. The molecule has 0 aliphatic rings. The van der Waals surface area contributed by atoms with Crippen molar-refractivity contribution in [2.45, 2.75) is 92.3 Å². The van der Waals surface area contributed by atoms with E-state index in [1.165, 1.54) is 18.2 Å². The number of aryl methyl sites for hydroxylation is 2. The number of hydrogen-bond acceptors (Lipinski definition) is 2. The molecule has 13 aromatic rings. The number of nitrogens with zero attached hydrogens (tertiary/aromatic N) is 4. The maximum absolute atomic E-state index is 10.5. The van der Waals surface area contributed by atoms with E-state index in [1.807, 2.05) is 66.9 Å². The molecular weight excluding hydrogens is 1030 g/mol. The quantitative estimate of drug-likeness (QED) is 0.101. The third-order valence-corrected chi connectivity index (χ3v) is 15.6. The highest BCUT2D eigenvalue weighted by Crippen LogP contribution is 2.43. The second kappa shape index (κ2) is 21.2. The maximum Gasteiger partial charge on any atom is 0.269 e. The summed E-state index contributed by atoms with van der Waals surface area (Å²) in [5, 5.41) is 1.96. The van der Waals surface area contributed by atoms with Crippen LogP contribution in [0.4, 0.5) is 0 Å². The molecule has 85 heavy (non-hydrogen) atoms. The SMILES string of the molecule is [2H]c1c([2H])c([2H])c(-c2c([2H])c(-c3cccc(-c4cc(C(C)(C)C)cc(C(C)(C)C)c4)c3-[n+]3[c-]n(-c4cccc(Oc5ccc6c7ccccc7n(-c7cc(C(C)(C)C)ccn7)c6c5)c4)c4cc(-c5c(C([2H])([2H])[2H])cccc5C([2H])([2H])[2H])ccc43)c([2H])c(-c3c([2H])c([2H])c([2H])c([2H])c3[2H])c2[2H])c([2H])c1[2H]. The number of aromatic nitrogens is 4. The molecule has 3 heterocycles. The average Bonchev–Trinajstić information content (AvgIpc) is 0.784. The summed E-state index contributed by atoms with van der Waals surface area (Å²) in [4.78, 5) is 4.88. The summed E-state index contributed by atoms with van der Waals surface area (Å²) in [6, 6.07) is 35.3. The molecule has 0 atom stereocenters. The van der Waals surface area contributed by atoms with Gasteiger partial charge in [-0.2, -0.15) is 0 Å². The van der Waals surface area contributed by atoms with Gasteiger partial charge in [-0.3, -0.25) is 13.7 Å². The van der Waals surface area contributed by atoms with Crippen molar-refractivity contribution < 1.29 is 35.3 Å². The molecule has 5 nitrogen and oxygen atoms in total. The van der Waals surface area contributed by atoms with Crippen LogP contribution >= 0.6 is 0 Å². The summed E-state index contributed by atoms with van der Waals surface area (Å²) >= 11 is 0. The Morgan fingerprint density at radius 1 is 0.471 bits per heavy atom. The Balaban J connectivity index is 1.15. The number of imidazole rings is 1. The number of para-hydroxylation sites is 2. The van der Waals surface area contributed by atoms with Crippen LogP contribution in [0.1, 0.15) is 116 Å². The summed E-state index contributed by atoms with van der Waals surface area (Å²) < 4.78 is 186. The van der Waals surface area contributed by atoms with Crippen molar-refractivity contribution in [1.82, 2.24) is 14.1 Å². The van der Waals surface area contributed by atoms with Crippen LogP contribution in [0.5, 0.6) is 11.5 Å². The van der Waals surface area contributed by atoms with Crippen molar-refractivity contribution in [2.75, 3.05) is 0 Å². The third kappa shape index (κ3) is 10.4.